The summed E-state index contributed by atoms with van der Waals surface area (Å²) in [6.45, 7) is 1.81. The van der Waals surface area contributed by atoms with Gasteiger partial charge in [0.15, 0.2) is 0 Å². The summed E-state index contributed by atoms with van der Waals surface area (Å²) in [4.78, 5) is 12.2. The van der Waals surface area contributed by atoms with Crippen molar-refractivity contribution in [2.45, 2.75) is 18.2 Å². The number of aromatic nitrogens is 2. The molecule has 2 N–H and O–H groups in total. The number of thioether (sulfide) groups is 1. The van der Waals surface area contributed by atoms with Crippen LogP contribution in [-0.2, 0) is 0 Å². The van der Waals surface area contributed by atoms with Crippen molar-refractivity contribution >= 4 is 17.7 Å². The van der Waals surface area contributed by atoms with Crippen LogP contribution in [-0.4, -0.2) is 44.9 Å². The van der Waals surface area contributed by atoms with Crippen molar-refractivity contribution in [2.24, 2.45) is 0 Å². The van der Waals surface area contributed by atoms with E-state index in [4.69, 9.17) is 0 Å². The number of aliphatic hydroxyl groups excluding tert-OH is 1. The van der Waals surface area contributed by atoms with Crippen molar-refractivity contribution < 1.29 is 14.3 Å². The predicted octanol–water partition coefficient (Wildman–Crippen LogP) is 1.85. The monoisotopic (exact) mass is 323 g/mol. The third-order valence-electron chi connectivity index (χ3n) is 3.34. The molecule has 2 unspecified atom stereocenters. The fourth-order valence-electron chi connectivity index (χ4n) is 2.03. The third kappa shape index (κ3) is 3.66. The highest BCUT2D eigenvalue weighted by Gasteiger charge is 2.19. The summed E-state index contributed by atoms with van der Waals surface area (Å²) in [6, 6.07) is 6.02. The molecule has 0 bridgehead atoms. The molecule has 2 atom stereocenters. The smallest absolute Gasteiger partial charge is 0.254 e. The number of nitrogens with zero attached hydrogens (tertiary/aromatic N) is 2. The summed E-state index contributed by atoms with van der Waals surface area (Å²) in [7, 11) is 0. The van der Waals surface area contributed by atoms with Gasteiger partial charge in [0.25, 0.3) is 5.91 Å². The van der Waals surface area contributed by atoms with E-state index in [1.165, 1.54) is 34.9 Å². The van der Waals surface area contributed by atoms with Gasteiger partial charge in [-0.2, -0.15) is 16.9 Å². The molecule has 0 aliphatic carbocycles. The average Bonchev–Trinajstić information content (AvgIpc) is 2.98. The lowest BCUT2D eigenvalue weighted by Gasteiger charge is -2.20. The fraction of sp³-hybridized carbons (Fsp3) is 0.333. The Morgan fingerprint density at radius 3 is 2.86 bits per heavy atom. The second kappa shape index (κ2) is 7.42. The molecule has 0 saturated carbocycles. The molecule has 22 heavy (non-hydrogen) atoms. The Kier molecular flexibility index (Phi) is 5.57. The highest BCUT2D eigenvalue weighted by Crippen LogP contribution is 2.14. The van der Waals surface area contributed by atoms with Crippen LogP contribution in [0.25, 0.3) is 5.69 Å². The minimum Gasteiger partial charge on any atom is -0.395 e. The summed E-state index contributed by atoms with van der Waals surface area (Å²) in [5.41, 5.74) is 0.625. The van der Waals surface area contributed by atoms with E-state index < -0.39 is 5.82 Å². The summed E-state index contributed by atoms with van der Waals surface area (Å²) in [6.07, 6.45) is 4.74. The second-order valence-electron chi connectivity index (χ2n) is 4.84. The number of halogens is 1. The van der Waals surface area contributed by atoms with E-state index in [-0.39, 0.29) is 29.5 Å². The van der Waals surface area contributed by atoms with Crippen LogP contribution in [0.15, 0.2) is 36.7 Å². The van der Waals surface area contributed by atoms with Crippen LogP contribution in [0, 0.1) is 5.82 Å². The molecule has 1 amide bonds. The van der Waals surface area contributed by atoms with E-state index >= 15 is 0 Å². The van der Waals surface area contributed by atoms with Crippen LogP contribution >= 0.6 is 11.8 Å². The Morgan fingerprint density at radius 1 is 1.50 bits per heavy atom. The number of amides is 1. The number of benzene rings is 1. The van der Waals surface area contributed by atoms with Crippen molar-refractivity contribution in [1.29, 1.82) is 0 Å². The van der Waals surface area contributed by atoms with Gasteiger partial charge in [0.2, 0.25) is 0 Å². The van der Waals surface area contributed by atoms with E-state index in [1.807, 2.05) is 13.2 Å². The number of hydrogen-bond acceptors (Lipinski definition) is 4. The molecule has 2 aromatic rings. The quantitative estimate of drug-likeness (QED) is 0.851. The van der Waals surface area contributed by atoms with E-state index in [0.29, 0.717) is 5.56 Å². The first-order valence-electron chi connectivity index (χ1n) is 6.81. The summed E-state index contributed by atoms with van der Waals surface area (Å²) >= 11 is 1.48. The SMILES string of the molecule is CSC(CO)C(C)NC(=O)c1cnn(-c2ccccc2F)c1. The molecule has 0 spiro atoms. The average molecular weight is 323 g/mol. The van der Waals surface area contributed by atoms with Gasteiger partial charge in [0.05, 0.1) is 18.4 Å². The normalized spacial score (nSPS) is 13.6. The molecule has 1 aromatic heterocycles. The zero-order valence-corrected chi connectivity index (χ0v) is 13.2. The van der Waals surface area contributed by atoms with Gasteiger partial charge in [-0.1, -0.05) is 12.1 Å². The lowest BCUT2D eigenvalue weighted by molar-refractivity contribution is 0.0936. The van der Waals surface area contributed by atoms with Crippen molar-refractivity contribution in [3.8, 4) is 5.69 Å². The Labute approximate surface area is 132 Å². The van der Waals surface area contributed by atoms with Crippen molar-refractivity contribution in [2.75, 3.05) is 12.9 Å². The van der Waals surface area contributed by atoms with Crippen molar-refractivity contribution in [1.82, 2.24) is 15.1 Å². The Bertz CT molecular complexity index is 643. The number of para-hydroxylation sites is 1. The topological polar surface area (TPSA) is 67.2 Å². The molecule has 1 heterocycles. The van der Waals surface area contributed by atoms with Crippen LogP contribution < -0.4 is 5.32 Å². The van der Waals surface area contributed by atoms with Gasteiger partial charge in [0, 0.05) is 17.5 Å². The van der Waals surface area contributed by atoms with Crippen LogP contribution in [0.5, 0.6) is 0 Å². The van der Waals surface area contributed by atoms with Crippen molar-refractivity contribution in [3.05, 3.63) is 48.0 Å². The zero-order chi connectivity index (χ0) is 16.1. The van der Waals surface area contributed by atoms with Crippen molar-refractivity contribution in [3.63, 3.8) is 0 Å². The predicted molar refractivity (Wildman–Crippen MR) is 84.8 cm³/mol. The summed E-state index contributed by atoms with van der Waals surface area (Å²) in [5, 5.41) is 16.0. The van der Waals surface area contributed by atoms with E-state index in [1.54, 1.807) is 18.2 Å². The Hall–Kier alpha value is -1.86. The van der Waals surface area contributed by atoms with Gasteiger partial charge >= 0.3 is 0 Å². The minimum absolute atomic E-state index is 0.0168. The summed E-state index contributed by atoms with van der Waals surface area (Å²) < 4.78 is 15.0. The number of rotatable bonds is 6. The molecule has 2 rings (SSSR count). The largest absolute Gasteiger partial charge is 0.395 e. The first-order valence-corrected chi connectivity index (χ1v) is 8.09. The van der Waals surface area contributed by atoms with E-state index in [2.05, 4.69) is 10.4 Å². The molecule has 118 valence electrons. The third-order valence-corrected chi connectivity index (χ3v) is 4.51. The van der Waals surface area contributed by atoms with E-state index in [0.717, 1.165) is 0 Å². The fourth-order valence-corrected chi connectivity index (χ4v) is 2.65. The molecule has 5 nitrogen and oxygen atoms in total. The molecule has 0 saturated heterocycles. The lowest BCUT2D eigenvalue weighted by Crippen LogP contribution is -2.41. The molecule has 0 radical (unpaired) electrons. The molecule has 1 aromatic carbocycles. The lowest BCUT2D eigenvalue weighted by atomic mass is 10.2. The summed E-state index contributed by atoms with van der Waals surface area (Å²) in [5.74, 6) is -0.712. The number of carbonyl (C=O) groups excluding carboxylic acids is 1. The highest BCUT2D eigenvalue weighted by atomic mass is 32.2. The van der Waals surface area contributed by atoms with Crippen LogP contribution in [0.4, 0.5) is 4.39 Å². The molecule has 0 fully saturated rings. The van der Waals surface area contributed by atoms with Gasteiger partial charge in [-0.25, -0.2) is 9.07 Å². The molecular weight excluding hydrogens is 305 g/mol. The van der Waals surface area contributed by atoms with Gasteiger partial charge < -0.3 is 10.4 Å². The highest BCUT2D eigenvalue weighted by molar-refractivity contribution is 7.99. The Morgan fingerprint density at radius 2 is 2.23 bits per heavy atom. The molecular formula is C15H18FN3O2S. The number of carbonyl (C=O) groups is 1. The standard InChI is InChI=1S/C15H18FN3O2S/c1-10(14(9-20)22-2)18-15(21)11-7-17-19(8-11)13-6-4-3-5-12(13)16/h3-8,10,14,20H,9H2,1-2H3,(H,18,21). The second-order valence-corrected chi connectivity index (χ2v) is 5.92. The first-order chi connectivity index (χ1) is 10.6. The zero-order valence-electron chi connectivity index (χ0n) is 12.4. The maximum Gasteiger partial charge on any atom is 0.254 e. The Balaban J connectivity index is 2.11. The first kappa shape index (κ1) is 16.5. The molecule has 0 aliphatic heterocycles. The number of hydrogen-bond donors (Lipinski definition) is 2. The number of nitrogens with one attached hydrogen (secondary N) is 1. The maximum absolute atomic E-state index is 13.7. The van der Waals surface area contributed by atoms with Gasteiger partial charge in [-0.3, -0.25) is 4.79 Å². The van der Waals surface area contributed by atoms with Gasteiger partial charge in [-0.15, -0.1) is 0 Å². The van der Waals surface area contributed by atoms with Gasteiger partial charge in [0.1, 0.15) is 11.5 Å². The van der Waals surface area contributed by atoms with Crippen LogP contribution in [0.1, 0.15) is 17.3 Å². The molecule has 7 heteroatoms. The van der Waals surface area contributed by atoms with Gasteiger partial charge in [-0.05, 0) is 25.3 Å². The number of aliphatic hydroxyl groups is 1. The molecule has 0 aliphatic rings. The maximum atomic E-state index is 13.7. The van der Waals surface area contributed by atoms with E-state index in [9.17, 15) is 14.3 Å². The minimum atomic E-state index is -0.409. The van der Waals surface area contributed by atoms with Crippen LogP contribution in [0.3, 0.4) is 0 Å². The van der Waals surface area contributed by atoms with Crippen LogP contribution in [0.2, 0.25) is 0 Å².